The predicted molar refractivity (Wildman–Crippen MR) is 132 cm³/mol. The van der Waals surface area contributed by atoms with Gasteiger partial charge >= 0.3 is 0 Å². The Bertz CT molecular complexity index is 790. The molecule has 0 aromatic heterocycles. The highest BCUT2D eigenvalue weighted by molar-refractivity contribution is 5.21. The molecule has 32 heavy (non-hydrogen) atoms. The minimum Gasteiger partial charge on any atom is -0.396 e. The monoisotopic (exact) mass is 442 g/mol. The predicted octanol–water partition coefficient (Wildman–Crippen LogP) is 7.00. The van der Waals surface area contributed by atoms with Gasteiger partial charge in [-0.05, 0) is 122 Å². The molecule has 0 radical (unpaired) electrons. The minimum atomic E-state index is -0.355. The Kier molecular flexibility index (Phi) is 5.19. The summed E-state index contributed by atoms with van der Waals surface area (Å²) < 4.78 is 0. The Morgan fingerprint density at radius 2 is 1.53 bits per heavy atom. The largest absolute Gasteiger partial charge is 0.396 e. The molecule has 5 aliphatic rings. The van der Waals surface area contributed by atoms with Gasteiger partial charge in [0.05, 0.1) is 12.7 Å². The molecule has 0 spiro atoms. The van der Waals surface area contributed by atoms with E-state index in [1.54, 1.807) is 0 Å². The van der Waals surface area contributed by atoms with Crippen molar-refractivity contribution >= 4 is 0 Å². The standard InChI is InChI=1S/C30H50O2/c1-19(2)20-10-13-26(3)16-17-29(6)21(25(20)26)8-9-23-27(4)14-12-24(32)28(5,18-31)22(27)11-15-30(23,29)7/h20-25,31-32H,1,8-18H2,2-7H3/t20?,21?,22?,23?,24-,25?,26+,27-,28-,29+,30+/m0/s1. The van der Waals surface area contributed by atoms with Gasteiger partial charge in [-0.15, -0.1) is 0 Å². The molecule has 0 aromatic carbocycles. The van der Waals surface area contributed by atoms with Crippen LogP contribution in [0, 0.1) is 56.7 Å². The number of aliphatic hydroxyl groups excluding tert-OH is 2. The lowest BCUT2D eigenvalue weighted by molar-refractivity contribution is -0.253. The van der Waals surface area contributed by atoms with E-state index in [4.69, 9.17) is 0 Å². The summed E-state index contributed by atoms with van der Waals surface area (Å²) in [7, 11) is 0. The highest BCUT2D eigenvalue weighted by Crippen LogP contribution is 2.77. The van der Waals surface area contributed by atoms with Crippen LogP contribution >= 0.6 is 0 Å². The lowest BCUT2D eigenvalue weighted by atomic mass is 9.32. The fourth-order valence-corrected chi connectivity index (χ4v) is 11.5. The van der Waals surface area contributed by atoms with Crippen LogP contribution in [0.25, 0.3) is 0 Å². The van der Waals surface area contributed by atoms with Crippen molar-refractivity contribution in [2.75, 3.05) is 6.61 Å². The van der Waals surface area contributed by atoms with Gasteiger partial charge in [0, 0.05) is 5.41 Å². The van der Waals surface area contributed by atoms with Gasteiger partial charge in [-0.1, -0.05) is 46.8 Å². The van der Waals surface area contributed by atoms with Crippen LogP contribution in [-0.2, 0) is 0 Å². The maximum absolute atomic E-state index is 10.9. The van der Waals surface area contributed by atoms with Crippen molar-refractivity contribution in [3.63, 3.8) is 0 Å². The number of allylic oxidation sites excluding steroid dienone is 1. The van der Waals surface area contributed by atoms with E-state index in [0.717, 1.165) is 30.6 Å². The molecule has 2 nitrogen and oxygen atoms in total. The van der Waals surface area contributed by atoms with Gasteiger partial charge in [-0.2, -0.15) is 0 Å². The second-order valence-corrected chi connectivity index (χ2v) is 14.6. The lowest BCUT2D eigenvalue weighted by Crippen LogP contribution is -2.67. The summed E-state index contributed by atoms with van der Waals surface area (Å²) in [5.74, 6) is 3.51. The molecule has 2 N–H and O–H groups in total. The number of aliphatic hydroxyl groups is 2. The molecule has 0 amide bonds. The number of hydrogen-bond acceptors (Lipinski definition) is 2. The highest BCUT2D eigenvalue weighted by Gasteiger charge is 2.70. The van der Waals surface area contributed by atoms with E-state index in [9.17, 15) is 10.2 Å². The van der Waals surface area contributed by atoms with E-state index >= 15 is 0 Å². The molecular formula is C30H50O2. The van der Waals surface area contributed by atoms with Crippen molar-refractivity contribution in [2.45, 2.75) is 112 Å². The highest BCUT2D eigenvalue weighted by atomic mass is 16.3. The summed E-state index contributed by atoms with van der Waals surface area (Å²) in [6.45, 7) is 19.6. The second-order valence-electron chi connectivity index (χ2n) is 14.6. The summed E-state index contributed by atoms with van der Waals surface area (Å²) in [6, 6.07) is 0. The van der Waals surface area contributed by atoms with Crippen LogP contribution in [0.1, 0.15) is 106 Å². The Balaban J connectivity index is 1.54. The molecule has 0 saturated heterocycles. The summed E-state index contributed by atoms with van der Waals surface area (Å²) in [5, 5.41) is 21.3. The van der Waals surface area contributed by atoms with E-state index in [2.05, 4.69) is 48.1 Å². The summed E-state index contributed by atoms with van der Waals surface area (Å²) in [4.78, 5) is 0. The smallest absolute Gasteiger partial charge is 0.0618 e. The first-order valence-electron chi connectivity index (χ1n) is 13.8. The fraction of sp³-hybridized carbons (Fsp3) is 0.933. The lowest BCUT2D eigenvalue weighted by Gasteiger charge is -2.73. The fourth-order valence-electron chi connectivity index (χ4n) is 11.5. The zero-order valence-corrected chi connectivity index (χ0v) is 21.8. The molecule has 5 unspecified atom stereocenters. The SMILES string of the molecule is C=C(C)C1CC[C@]2(C)CC[C@]3(C)C(CCC4[C@@]5(C)CC[C@H](O)[C@@](C)(CO)C5CC[C@]43C)C12. The maximum Gasteiger partial charge on any atom is 0.0618 e. The topological polar surface area (TPSA) is 40.5 Å². The van der Waals surface area contributed by atoms with Gasteiger partial charge in [0.15, 0.2) is 0 Å². The third-order valence-electron chi connectivity index (χ3n) is 13.6. The van der Waals surface area contributed by atoms with Gasteiger partial charge in [0.25, 0.3) is 0 Å². The normalized spacial score (nSPS) is 59.5. The first kappa shape index (κ1) is 23.4. The van der Waals surface area contributed by atoms with E-state index in [1.807, 2.05) is 0 Å². The van der Waals surface area contributed by atoms with Crippen LogP contribution in [0.2, 0.25) is 0 Å². The van der Waals surface area contributed by atoms with E-state index in [1.165, 1.54) is 56.9 Å². The molecule has 11 atom stereocenters. The van der Waals surface area contributed by atoms with Gasteiger partial charge in [0.2, 0.25) is 0 Å². The molecule has 0 aliphatic heterocycles. The summed E-state index contributed by atoms with van der Waals surface area (Å²) in [5.41, 5.74) is 2.62. The molecule has 5 rings (SSSR count). The van der Waals surface area contributed by atoms with E-state index in [-0.39, 0.29) is 23.5 Å². The van der Waals surface area contributed by atoms with Crippen LogP contribution in [0.4, 0.5) is 0 Å². The van der Waals surface area contributed by atoms with Crippen molar-refractivity contribution in [1.29, 1.82) is 0 Å². The maximum atomic E-state index is 10.9. The van der Waals surface area contributed by atoms with Crippen molar-refractivity contribution in [1.82, 2.24) is 0 Å². The third kappa shape index (κ3) is 2.66. The van der Waals surface area contributed by atoms with E-state index < -0.39 is 0 Å². The van der Waals surface area contributed by atoms with Gasteiger partial charge in [0.1, 0.15) is 0 Å². The Morgan fingerprint density at radius 1 is 0.812 bits per heavy atom. The van der Waals surface area contributed by atoms with Crippen molar-refractivity contribution in [3.05, 3.63) is 12.2 Å². The Hall–Kier alpha value is -0.340. The molecular weight excluding hydrogens is 392 g/mol. The van der Waals surface area contributed by atoms with Crippen LogP contribution < -0.4 is 0 Å². The number of rotatable bonds is 2. The average Bonchev–Trinajstić information content (AvgIpc) is 3.09. The zero-order chi connectivity index (χ0) is 23.3. The average molecular weight is 443 g/mol. The second kappa shape index (κ2) is 7.09. The van der Waals surface area contributed by atoms with E-state index in [0.29, 0.717) is 28.1 Å². The number of hydrogen-bond donors (Lipinski definition) is 2. The summed E-state index contributed by atoms with van der Waals surface area (Å²) >= 11 is 0. The molecule has 182 valence electrons. The minimum absolute atomic E-state index is 0.123. The molecule has 5 fully saturated rings. The Labute approximate surface area is 197 Å². The van der Waals surface area contributed by atoms with Crippen molar-refractivity contribution in [2.24, 2.45) is 56.7 Å². The summed E-state index contributed by atoms with van der Waals surface area (Å²) in [6.07, 6.45) is 12.3. The molecule has 0 aromatic rings. The van der Waals surface area contributed by atoms with Gasteiger partial charge in [-0.25, -0.2) is 0 Å². The van der Waals surface area contributed by atoms with Crippen molar-refractivity contribution in [3.8, 4) is 0 Å². The molecule has 5 saturated carbocycles. The van der Waals surface area contributed by atoms with Crippen LogP contribution in [-0.4, -0.2) is 22.9 Å². The molecule has 5 aliphatic carbocycles. The number of fused-ring (bicyclic) bond motifs is 7. The van der Waals surface area contributed by atoms with Crippen LogP contribution in [0.15, 0.2) is 12.2 Å². The molecule has 2 heteroatoms. The first-order valence-corrected chi connectivity index (χ1v) is 13.8. The molecule has 0 heterocycles. The third-order valence-corrected chi connectivity index (χ3v) is 13.6. The molecule has 0 bridgehead atoms. The van der Waals surface area contributed by atoms with Crippen molar-refractivity contribution < 1.29 is 10.2 Å². The first-order chi connectivity index (χ1) is 14.9. The zero-order valence-electron chi connectivity index (χ0n) is 21.8. The van der Waals surface area contributed by atoms with Gasteiger partial charge < -0.3 is 10.2 Å². The van der Waals surface area contributed by atoms with Crippen LogP contribution in [0.5, 0.6) is 0 Å². The Morgan fingerprint density at radius 3 is 2.19 bits per heavy atom. The van der Waals surface area contributed by atoms with Gasteiger partial charge in [-0.3, -0.25) is 0 Å². The quantitative estimate of drug-likeness (QED) is 0.452. The van der Waals surface area contributed by atoms with Crippen LogP contribution in [0.3, 0.4) is 0 Å².